The van der Waals surface area contributed by atoms with E-state index in [2.05, 4.69) is 24.2 Å². The Morgan fingerprint density at radius 2 is 2.15 bits per heavy atom. The van der Waals surface area contributed by atoms with Gasteiger partial charge in [0.15, 0.2) is 0 Å². The van der Waals surface area contributed by atoms with Crippen molar-refractivity contribution in [3.8, 4) is 0 Å². The van der Waals surface area contributed by atoms with Crippen LogP contribution in [0.4, 0.5) is 0 Å². The first-order valence-electron chi connectivity index (χ1n) is 4.77. The first kappa shape index (κ1) is 10.7. The first-order chi connectivity index (χ1) is 6.09. The van der Waals surface area contributed by atoms with Crippen LogP contribution in [-0.2, 0) is 0 Å². The van der Waals surface area contributed by atoms with Crippen LogP contribution in [0.25, 0.3) is 0 Å². The zero-order valence-corrected chi connectivity index (χ0v) is 9.40. The fraction of sp³-hybridized carbons (Fsp3) is 0.700. The third kappa shape index (κ3) is 3.44. The van der Waals surface area contributed by atoms with Crippen LogP contribution in [0, 0.1) is 12.8 Å². The third-order valence-corrected chi connectivity index (χ3v) is 3.10. The Labute approximate surface area is 84.2 Å². The summed E-state index contributed by atoms with van der Waals surface area (Å²) >= 11 is 1.67. The molecule has 0 spiro atoms. The number of nitrogens with two attached hydrogens (primary N) is 1. The number of hydrogen-bond donors (Lipinski definition) is 1. The predicted octanol–water partition coefficient (Wildman–Crippen LogP) is 2.89. The summed E-state index contributed by atoms with van der Waals surface area (Å²) in [5.74, 6) is 0.729. The predicted molar refractivity (Wildman–Crippen MR) is 57.9 cm³/mol. The van der Waals surface area contributed by atoms with Crippen molar-refractivity contribution in [3.63, 3.8) is 0 Å². The van der Waals surface area contributed by atoms with Crippen LogP contribution in [0.1, 0.15) is 43.4 Å². The molecule has 0 saturated carbocycles. The lowest BCUT2D eigenvalue weighted by Gasteiger charge is -2.09. The number of aryl methyl sites for hydroxylation is 1. The molecular weight excluding hydrogens is 180 g/mol. The monoisotopic (exact) mass is 198 g/mol. The molecule has 1 rings (SSSR count). The Morgan fingerprint density at radius 1 is 1.46 bits per heavy atom. The average molecular weight is 198 g/mol. The quantitative estimate of drug-likeness (QED) is 0.808. The minimum atomic E-state index is 0.140. The van der Waals surface area contributed by atoms with Crippen LogP contribution < -0.4 is 5.73 Å². The van der Waals surface area contributed by atoms with Gasteiger partial charge in [-0.3, -0.25) is 0 Å². The topological polar surface area (TPSA) is 38.9 Å². The zero-order valence-electron chi connectivity index (χ0n) is 8.58. The van der Waals surface area contributed by atoms with E-state index in [0.29, 0.717) is 0 Å². The van der Waals surface area contributed by atoms with Gasteiger partial charge in [0.2, 0.25) is 0 Å². The van der Waals surface area contributed by atoms with Gasteiger partial charge in [0, 0.05) is 11.1 Å². The number of aromatic nitrogens is 1. The van der Waals surface area contributed by atoms with Gasteiger partial charge in [0.25, 0.3) is 0 Å². The second-order valence-electron chi connectivity index (χ2n) is 3.90. The number of thiazole rings is 1. The highest BCUT2D eigenvalue weighted by Gasteiger charge is 2.09. The summed E-state index contributed by atoms with van der Waals surface area (Å²) in [5.41, 5.74) is 7.09. The van der Waals surface area contributed by atoms with Gasteiger partial charge in [-0.25, -0.2) is 4.98 Å². The lowest BCUT2D eigenvalue weighted by Crippen LogP contribution is -2.10. The molecular formula is C10H18N2S. The molecule has 2 N–H and O–H groups in total. The third-order valence-electron chi connectivity index (χ3n) is 2.01. The van der Waals surface area contributed by atoms with E-state index in [1.54, 1.807) is 11.3 Å². The van der Waals surface area contributed by atoms with Gasteiger partial charge in [-0.2, -0.15) is 0 Å². The van der Waals surface area contributed by atoms with Gasteiger partial charge in [-0.05, 0) is 25.7 Å². The van der Waals surface area contributed by atoms with Crippen LogP contribution in [0.5, 0.6) is 0 Å². The summed E-state index contributed by atoms with van der Waals surface area (Å²) in [5, 5.41) is 3.14. The highest BCUT2D eigenvalue weighted by atomic mass is 32.1. The van der Waals surface area contributed by atoms with Crippen LogP contribution >= 0.6 is 11.3 Å². The molecule has 0 aromatic carbocycles. The van der Waals surface area contributed by atoms with Crippen LogP contribution in [0.15, 0.2) is 5.38 Å². The second kappa shape index (κ2) is 4.72. The van der Waals surface area contributed by atoms with Crippen LogP contribution in [0.3, 0.4) is 0 Å². The normalized spacial score (nSPS) is 13.6. The summed E-state index contributed by atoms with van der Waals surface area (Å²) in [7, 11) is 0. The van der Waals surface area contributed by atoms with Crippen molar-refractivity contribution in [2.24, 2.45) is 11.7 Å². The van der Waals surface area contributed by atoms with Gasteiger partial charge < -0.3 is 5.73 Å². The number of rotatable bonds is 4. The molecule has 0 aliphatic heterocycles. The van der Waals surface area contributed by atoms with Gasteiger partial charge in [0.05, 0.1) is 6.04 Å². The summed E-state index contributed by atoms with van der Waals surface area (Å²) in [4.78, 5) is 4.38. The highest BCUT2D eigenvalue weighted by molar-refractivity contribution is 7.09. The number of nitrogens with zero attached hydrogens (tertiary/aromatic N) is 1. The lowest BCUT2D eigenvalue weighted by atomic mass is 10.0. The minimum absolute atomic E-state index is 0.140. The maximum absolute atomic E-state index is 6.00. The molecule has 1 atom stereocenters. The molecule has 1 aromatic rings. The zero-order chi connectivity index (χ0) is 9.84. The van der Waals surface area contributed by atoms with Crippen LogP contribution in [-0.4, -0.2) is 4.98 Å². The van der Waals surface area contributed by atoms with E-state index in [4.69, 9.17) is 5.73 Å². The van der Waals surface area contributed by atoms with Crippen molar-refractivity contribution in [1.29, 1.82) is 0 Å². The molecule has 0 fully saturated rings. The molecule has 0 aliphatic rings. The van der Waals surface area contributed by atoms with Crippen molar-refractivity contribution in [1.82, 2.24) is 4.98 Å². The second-order valence-corrected chi connectivity index (χ2v) is 4.79. The van der Waals surface area contributed by atoms with Gasteiger partial charge in [0.1, 0.15) is 5.01 Å². The van der Waals surface area contributed by atoms with Crippen LogP contribution in [0.2, 0.25) is 0 Å². The first-order valence-corrected chi connectivity index (χ1v) is 5.65. The van der Waals surface area contributed by atoms with E-state index >= 15 is 0 Å². The van der Waals surface area contributed by atoms with Gasteiger partial charge in [-0.1, -0.05) is 13.8 Å². The summed E-state index contributed by atoms with van der Waals surface area (Å²) in [6.45, 7) is 6.45. The standard InChI is InChI=1S/C10H18N2S/c1-7(2)4-5-9(11)10-12-8(3)6-13-10/h6-7,9H,4-5,11H2,1-3H3. The van der Waals surface area contributed by atoms with Crippen molar-refractivity contribution in [2.75, 3.05) is 0 Å². The van der Waals surface area contributed by atoms with E-state index < -0.39 is 0 Å². The van der Waals surface area contributed by atoms with E-state index in [1.807, 2.05) is 6.92 Å². The molecule has 13 heavy (non-hydrogen) atoms. The fourth-order valence-corrected chi connectivity index (χ4v) is 2.01. The Hall–Kier alpha value is -0.410. The molecule has 2 nitrogen and oxygen atoms in total. The molecule has 1 unspecified atom stereocenters. The molecule has 74 valence electrons. The fourth-order valence-electron chi connectivity index (χ4n) is 1.18. The minimum Gasteiger partial charge on any atom is -0.322 e. The van der Waals surface area contributed by atoms with E-state index in [9.17, 15) is 0 Å². The van der Waals surface area contributed by atoms with Crippen molar-refractivity contribution < 1.29 is 0 Å². The lowest BCUT2D eigenvalue weighted by molar-refractivity contribution is 0.506. The molecule has 1 heterocycles. The number of hydrogen-bond acceptors (Lipinski definition) is 3. The SMILES string of the molecule is Cc1csc(C(N)CCC(C)C)n1. The molecule has 0 aliphatic carbocycles. The Bertz CT molecular complexity index is 255. The molecule has 3 heteroatoms. The molecule has 0 saturated heterocycles. The Balaban J connectivity index is 2.44. The highest BCUT2D eigenvalue weighted by Crippen LogP contribution is 2.21. The molecule has 0 radical (unpaired) electrons. The van der Waals surface area contributed by atoms with E-state index in [-0.39, 0.29) is 6.04 Å². The smallest absolute Gasteiger partial charge is 0.110 e. The maximum Gasteiger partial charge on any atom is 0.110 e. The molecule has 0 bridgehead atoms. The average Bonchev–Trinajstić information content (AvgIpc) is 2.47. The summed E-state index contributed by atoms with van der Waals surface area (Å²) in [6, 6.07) is 0.140. The summed E-state index contributed by atoms with van der Waals surface area (Å²) < 4.78 is 0. The van der Waals surface area contributed by atoms with E-state index in [0.717, 1.165) is 23.0 Å². The maximum atomic E-state index is 6.00. The van der Waals surface area contributed by atoms with Crippen molar-refractivity contribution in [2.45, 2.75) is 39.7 Å². The van der Waals surface area contributed by atoms with Crippen molar-refractivity contribution in [3.05, 3.63) is 16.1 Å². The molecule has 1 aromatic heterocycles. The Kier molecular flexibility index (Phi) is 3.88. The molecule has 0 amide bonds. The van der Waals surface area contributed by atoms with Crippen molar-refractivity contribution >= 4 is 11.3 Å². The summed E-state index contributed by atoms with van der Waals surface area (Å²) in [6.07, 6.45) is 2.23. The Morgan fingerprint density at radius 3 is 2.62 bits per heavy atom. The van der Waals surface area contributed by atoms with Gasteiger partial charge >= 0.3 is 0 Å². The largest absolute Gasteiger partial charge is 0.322 e. The van der Waals surface area contributed by atoms with Gasteiger partial charge in [-0.15, -0.1) is 11.3 Å². The van der Waals surface area contributed by atoms with E-state index in [1.165, 1.54) is 6.42 Å².